The Balaban J connectivity index is 2.88. The first kappa shape index (κ1) is 8.50. The van der Waals surface area contributed by atoms with Gasteiger partial charge in [0.15, 0.2) is 5.65 Å². The van der Waals surface area contributed by atoms with Gasteiger partial charge >= 0.3 is 0 Å². The van der Waals surface area contributed by atoms with Crippen molar-refractivity contribution >= 4 is 44.2 Å². The fourth-order valence-electron chi connectivity index (χ4n) is 1.15. The second kappa shape index (κ2) is 2.99. The van der Waals surface area contributed by atoms with E-state index in [1.54, 1.807) is 0 Å². The number of rotatable bonds is 0. The number of imidazole rings is 1. The van der Waals surface area contributed by atoms with Crippen molar-refractivity contribution in [2.24, 2.45) is 0 Å². The highest BCUT2D eigenvalue weighted by Gasteiger charge is 2.02. The largest absolute Gasteiger partial charge is 0.305 e. The molecule has 0 radical (unpaired) electrons. The standard InChI is InChI=1S/C8H6BrIN2/c1-5-3-12-4-6(9)2-7(10)8(12)11-5/h2-4H,1H3. The van der Waals surface area contributed by atoms with Crippen molar-refractivity contribution in [3.8, 4) is 0 Å². The molecule has 2 aromatic rings. The van der Waals surface area contributed by atoms with E-state index in [0.29, 0.717) is 0 Å². The number of nitrogens with zero attached hydrogens (tertiary/aromatic N) is 2. The second-order valence-electron chi connectivity index (χ2n) is 2.62. The Bertz CT molecular complexity index is 436. The topological polar surface area (TPSA) is 17.3 Å². The van der Waals surface area contributed by atoms with E-state index in [2.05, 4.69) is 49.6 Å². The molecule has 4 heteroatoms. The fraction of sp³-hybridized carbons (Fsp3) is 0.125. The van der Waals surface area contributed by atoms with Gasteiger partial charge in [0.1, 0.15) is 0 Å². The maximum absolute atomic E-state index is 4.39. The van der Waals surface area contributed by atoms with Crippen molar-refractivity contribution in [3.05, 3.63) is 32.2 Å². The molecule has 2 aromatic heterocycles. The zero-order chi connectivity index (χ0) is 8.72. The molecule has 0 aliphatic heterocycles. The molecule has 0 spiro atoms. The van der Waals surface area contributed by atoms with E-state index in [-0.39, 0.29) is 0 Å². The Hall–Kier alpha value is -0.100. The van der Waals surface area contributed by atoms with Gasteiger partial charge < -0.3 is 4.40 Å². The predicted molar refractivity (Wildman–Crippen MR) is 60.3 cm³/mol. The molecule has 0 saturated carbocycles. The summed E-state index contributed by atoms with van der Waals surface area (Å²) in [6, 6.07) is 2.06. The van der Waals surface area contributed by atoms with E-state index >= 15 is 0 Å². The van der Waals surface area contributed by atoms with Crippen LogP contribution < -0.4 is 0 Å². The molecule has 0 saturated heterocycles. The van der Waals surface area contributed by atoms with Gasteiger partial charge in [0.2, 0.25) is 0 Å². The molecule has 0 unspecified atom stereocenters. The van der Waals surface area contributed by atoms with E-state index < -0.39 is 0 Å². The highest BCUT2D eigenvalue weighted by atomic mass is 127. The quantitative estimate of drug-likeness (QED) is 0.676. The number of hydrogen-bond donors (Lipinski definition) is 0. The van der Waals surface area contributed by atoms with Gasteiger partial charge in [-0.05, 0) is 51.5 Å². The van der Waals surface area contributed by atoms with E-state index in [1.165, 1.54) is 0 Å². The summed E-state index contributed by atoms with van der Waals surface area (Å²) in [5.41, 5.74) is 2.07. The molecule has 0 aromatic carbocycles. The first-order valence-corrected chi connectivity index (χ1v) is 5.34. The summed E-state index contributed by atoms with van der Waals surface area (Å²) in [6.45, 7) is 2.00. The molecule has 12 heavy (non-hydrogen) atoms. The number of hydrogen-bond acceptors (Lipinski definition) is 1. The van der Waals surface area contributed by atoms with Crippen LogP contribution in [0.1, 0.15) is 5.69 Å². The third kappa shape index (κ3) is 1.37. The minimum atomic E-state index is 1.02. The van der Waals surface area contributed by atoms with E-state index in [4.69, 9.17) is 0 Å². The lowest BCUT2D eigenvalue weighted by molar-refractivity contribution is 1.16. The maximum atomic E-state index is 4.39. The van der Waals surface area contributed by atoms with Crippen LogP contribution in [0.4, 0.5) is 0 Å². The zero-order valence-corrected chi connectivity index (χ0v) is 10.1. The summed E-state index contributed by atoms with van der Waals surface area (Å²) in [7, 11) is 0. The molecule has 0 N–H and O–H groups in total. The van der Waals surface area contributed by atoms with Crippen LogP contribution in [0.3, 0.4) is 0 Å². The average molecular weight is 337 g/mol. The van der Waals surface area contributed by atoms with E-state index in [9.17, 15) is 0 Å². The summed E-state index contributed by atoms with van der Waals surface area (Å²) < 4.78 is 4.27. The first-order chi connectivity index (χ1) is 5.66. The Morgan fingerprint density at radius 2 is 2.25 bits per heavy atom. The average Bonchev–Trinajstić information content (AvgIpc) is 2.29. The predicted octanol–water partition coefficient (Wildman–Crippen LogP) is 3.01. The van der Waals surface area contributed by atoms with Crippen LogP contribution in [0.5, 0.6) is 0 Å². The summed E-state index contributed by atoms with van der Waals surface area (Å²) in [6.07, 6.45) is 4.03. The van der Waals surface area contributed by atoms with Gasteiger partial charge in [-0.25, -0.2) is 4.98 Å². The van der Waals surface area contributed by atoms with Crippen molar-refractivity contribution in [2.45, 2.75) is 6.92 Å². The molecule has 62 valence electrons. The van der Waals surface area contributed by atoms with Crippen LogP contribution >= 0.6 is 38.5 Å². The molecule has 0 bridgehead atoms. The lowest BCUT2D eigenvalue weighted by Crippen LogP contribution is -1.85. The molecule has 2 heterocycles. The number of aryl methyl sites for hydroxylation is 1. The highest BCUT2D eigenvalue weighted by molar-refractivity contribution is 14.1. The third-order valence-corrected chi connectivity index (χ3v) is 2.82. The van der Waals surface area contributed by atoms with Gasteiger partial charge in [-0.3, -0.25) is 0 Å². The van der Waals surface area contributed by atoms with Crippen LogP contribution in [0, 0.1) is 10.5 Å². The lowest BCUT2D eigenvalue weighted by atomic mass is 10.5. The Labute approximate surface area is 92.3 Å². The monoisotopic (exact) mass is 336 g/mol. The van der Waals surface area contributed by atoms with E-state index in [0.717, 1.165) is 19.4 Å². The van der Waals surface area contributed by atoms with Gasteiger partial charge in [0, 0.05) is 16.9 Å². The van der Waals surface area contributed by atoms with Crippen molar-refractivity contribution in [2.75, 3.05) is 0 Å². The van der Waals surface area contributed by atoms with Crippen molar-refractivity contribution < 1.29 is 0 Å². The summed E-state index contributed by atoms with van der Waals surface area (Å²) in [5, 5.41) is 0. The number of pyridine rings is 1. The van der Waals surface area contributed by atoms with Gasteiger partial charge in [-0.15, -0.1) is 0 Å². The number of halogens is 2. The SMILES string of the molecule is Cc1cn2cc(Br)cc(I)c2n1. The number of fused-ring (bicyclic) bond motifs is 1. The first-order valence-electron chi connectivity index (χ1n) is 3.47. The maximum Gasteiger partial charge on any atom is 0.150 e. The normalized spacial score (nSPS) is 10.9. The molecule has 0 amide bonds. The molecule has 0 aliphatic rings. The van der Waals surface area contributed by atoms with Crippen molar-refractivity contribution in [1.29, 1.82) is 0 Å². The molecule has 0 aliphatic carbocycles. The second-order valence-corrected chi connectivity index (χ2v) is 4.70. The van der Waals surface area contributed by atoms with Gasteiger partial charge in [-0.2, -0.15) is 0 Å². The van der Waals surface area contributed by atoms with Crippen LogP contribution in [0.25, 0.3) is 5.65 Å². The fourth-order valence-corrected chi connectivity index (χ4v) is 2.76. The minimum Gasteiger partial charge on any atom is -0.305 e. The molecule has 0 fully saturated rings. The van der Waals surface area contributed by atoms with Crippen LogP contribution in [0.2, 0.25) is 0 Å². The third-order valence-electron chi connectivity index (χ3n) is 1.59. The molecule has 0 atom stereocenters. The molecule has 2 nitrogen and oxygen atoms in total. The van der Waals surface area contributed by atoms with Gasteiger partial charge in [-0.1, -0.05) is 0 Å². The smallest absolute Gasteiger partial charge is 0.150 e. The summed E-state index contributed by atoms with van der Waals surface area (Å²) in [5.74, 6) is 0. The van der Waals surface area contributed by atoms with Crippen LogP contribution in [-0.4, -0.2) is 9.38 Å². The zero-order valence-electron chi connectivity index (χ0n) is 6.38. The van der Waals surface area contributed by atoms with Gasteiger partial charge in [0.05, 0.1) is 9.26 Å². The van der Waals surface area contributed by atoms with Crippen LogP contribution in [0.15, 0.2) is 22.9 Å². The van der Waals surface area contributed by atoms with Crippen molar-refractivity contribution in [1.82, 2.24) is 9.38 Å². The lowest BCUT2D eigenvalue weighted by Gasteiger charge is -1.96. The Kier molecular flexibility index (Phi) is 2.12. The molecule has 2 rings (SSSR count). The Morgan fingerprint density at radius 1 is 1.50 bits per heavy atom. The molecular weight excluding hydrogens is 331 g/mol. The summed E-state index contributed by atoms with van der Waals surface area (Å²) >= 11 is 5.72. The highest BCUT2D eigenvalue weighted by Crippen LogP contribution is 2.19. The number of aromatic nitrogens is 2. The van der Waals surface area contributed by atoms with Crippen LogP contribution in [-0.2, 0) is 0 Å². The van der Waals surface area contributed by atoms with Gasteiger partial charge in [0.25, 0.3) is 0 Å². The van der Waals surface area contributed by atoms with Crippen molar-refractivity contribution in [3.63, 3.8) is 0 Å². The summed E-state index contributed by atoms with van der Waals surface area (Å²) in [4.78, 5) is 4.39. The molecular formula is C8H6BrIN2. The Morgan fingerprint density at radius 3 is 3.00 bits per heavy atom. The minimum absolute atomic E-state index is 1.02. The van der Waals surface area contributed by atoms with E-state index in [1.807, 2.05) is 23.7 Å².